The number of β-amino-alcohol motifs (C(OH)–C–C–N with tert-alkyl or cyclic N) is 1. The van der Waals surface area contributed by atoms with Gasteiger partial charge in [0.2, 0.25) is 0 Å². The van der Waals surface area contributed by atoms with E-state index in [4.69, 9.17) is 0 Å². The summed E-state index contributed by atoms with van der Waals surface area (Å²) in [6.07, 6.45) is 0. The van der Waals surface area contributed by atoms with Crippen LogP contribution < -0.4 is 0 Å². The number of likely N-dealkylation sites (tertiary alicyclic amines) is 1. The van der Waals surface area contributed by atoms with Gasteiger partial charge < -0.3 is 10.0 Å². The van der Waals surface area contributed by atoms with E-state index in [1.807, 2.05) is 32.0 Å². The van der Waals surface area contributed by atoms with Crippen LogP contribution in [0.15, 0.2) is 18.2 Å². The summed E-state index contributed by atoms with van der Waals surface area (Å²) in [4.78, 5) is 13.7. The molecule has 1 heterocycles. The third kappa shape index (κ3) is 2.09. The van der Waals surface area contributed by atoms with Crippen LogP contribution in [0.25, 0.3) is 0 Å². The summed E-state index contributed by atoms with van der Waals surface area (Å²) in [6.45, 7) is 6.57. The Bertz CT molecular complexity index is 409. The van der Waals surface area contributed by atoms with Crippen LogP contribution in [0.5, 0.6) is 0 Å². The zero-order valence-corrected chi connectivity index (χ0v) is 9.95. The summed E-state index contributed by atoms with van der Waals surface area (Å²) < 4.78 is 0. The predicted molar refractivity (Wildman–Crippen MR) is 62.4 cm³/mol. The number of carbonyl (C=O) groups excluding carboxylic acids is 1. The second kappa shape index (κ2) is 3.59. The van der Waals surface area contributed by atoms with Crippen molar-refractivity contribution < 1.29 is 9.90 Å². The zero-order chi connectivity index (χ0) is 11.9. The highest BCUT2D eigenvalue weighted by Crippen LogP contribution is 2.22. The van der Waals surface area contributed by atoms with Crippen molar-refractivity contribution in [3.8, 4) is 0 Å². The highest BCUT2D eigenvalue weighted by molar-refractivity contribution is 5.95. The van der Waals surface area contributed by atoms with E-state index in [-0.39, 0.29) is 5.91 Å². The van der Waals surface area contributed by atoms with E-state index >= 15 is 0 Å². The quantitative estimate of drug-likeness (QED) is 0.777. The van der Waals surface area contributed by atoms with Gasteiger partial charge in [-0.25, -0.2) is 0 Å². The van der Waals surface area contributed by atoms with E-state index in [9.17, 15) is 9.90 Å². The molecule has 0 saturated carbocycles. The molecule has 3 heteroatoms. The van der Waals surface area contributed by atoms with Gasteiger partial charge in [0.1, 0.15) is 0 Å². The number of aliphatic hydroxyl groups is 1. The lowest BCUT2D eigenvalue weighted by Gasteiger charge is -2.44. The molecule has 3 nitrogen and oxygen atoms in total. The summed E-state index contributed by atoms with van der Waals surface area (Å²) in [6, 6.07) is 5.83. The first-order valence-corrected chi connectivity index (χ1v) is 5.47. The van der Waals surface area contributed by atoms with Crippen LogP contribution in [0.2, 0.25) is 0 Å². The first-order chi connectivity index (χ1) is 7.37. The van der Waals surface area contributed by atoms with Gasteiger partial charge in [-0.1, -0.05) is 17.2 Å². The molecule has 0 aliphatic carbocycles. The monoisotopic (exact) mass is 219 g/mol. The van der Waals surface area contributed by atoms with Crippen molar-refractivity contribution in [1.29, 1.82) is 0 Å². The number of nitrogens with zero attached hydrogens (tertiary/aromatic N) is 1. The van der Waals surface area contributed by atoms with Gasteiger partial charge >= 0.3 is 0 Å². The zero-order valence-electron chi connectivity index (χ0n) is 9.95. The third-order valence-electron chi connectivity index (χ3n) is 2.82. The molecule has 86 valence electrons. The SMILES string of the molecule is Cc1cc(C)cc(C(=O)N2CC(C)(O)C2)c1. The largest absolute Gasteiger partial charge is 0.386 e. The third-order valence-corrected chi connectivity index (χ3v) is 2.82. The van der Waals surface area contributed by atoms with E-state index in [0.717, 1.165) is 11.1 Å². The number of hydrogen-bond donors (Lipinski definition) is 1. The fraction of sp³-hybridized carbons (Fsp3) is 0.462. The van der Waals surface area contributed by atoms with Crippen molar-refractivity contribution in [3.05, 3.63) is 34.9 Å². The maximum Gasteiger partial charge on any atom is 0.254 e. The molecule has 0 atom stereocenters. The molecule has 1 aliphatic heterocycles. The van der Waals surface area contributed by atoms with Gasteiger partial charge in [-0.2, -0.15) is 0 Å². The standard InChI is InChI=1S/C13H17NO2/c1-9-4-10(2)6-11(5-9)12(15)14-7-13(3,16)8-14/h4-6,16H,7-8H2,1-3H3. The number of benzene rings is 1. The highest BCUT2D eigenvalue weighted by atomic mass is 16.3. The minimum absolute atomic E-state index is 0.0123. The Morgan fingerprint density at radius 1 is 1.25 bits per heavy atom. The first kappa shape index (κ1) is 11.1. The van der Waals surface area contributed by atoms with Crippen molar-refractivity contribution in [3.63, 3.8) is 0 Å². The minimum atomic E-state index is -0.700. The molecule has 0 spiro atoms. The molecule has 1 amide bonds. The summed E-state index contributed by atoms with van der Waals surface area (Å²) >= 11 is 0. The van der Waals surface area contributed by atoms with Crippen molar-refractivity contribution in [2.24, 2.45) is 0 Å². The fourth-order valence-electron chi connectivity index (χ4n) is 2.20. The molecular formula is C13H17NO2. The smallest absolute Gasteiger partial charge is 0.254 e. The Hall–Kier alpha value is -1.35. The number of carbonyl (C=O) groups is 1. The molecule has 1 aromatic rings. The van der Waals surface area contributed by atoms with Crippen LogP contribution in [0.3, 0.4) is 0 Å². The number of rotatable bonds is 1. The Labute approximate surface area is 95.7 Å². The molecule has 1 aliphatic rings. The van der Waals surface area contributed by atoms with Gasteiger partial charge in [0, 0.05) is 5.56 Å². The molecular weight excluding hydrogens is 202 g/mol. The lowest BCUT2D eigenvalue weighted by Crippen LogP contribution is -2.61. The molecule has 0 radical (unpaired) electrons. The van der Waals surface area contributed by atoms with Crippen LogP contribution in [0.1, 0.15) is 28.4 Å². The van der Waals surface area contributed by atoms with Crippen molar-refractivity contribution in [1.82, 2.24) is 4.90 Å². The Morgan fingerprint density at radius 3 is 2.19 bits per heavy atom. The fourth-order valence-corrected chi connectivity index (χ4v) is 2.20. The average molecular weight is 219 g/mol. The van der Waals surface area contributed by atoms with Gasteiger partial charge in [0.05, 0.1) is 18.7 Å². The van der Waals surface area contributed by atoms with Gasteiger partial charge in [-0.3, -0.25) is 4.79 Å². The summed E-state index contributed by atoms with van der Waals surface area (Å²) in [5.41, 5.74) is 2.20. The van der Waals surface area contributed by atoms with Crippen LogP contribution >= 0.6 is 0 Å². The number of hydrogen-bond acceptors (Lipinski definition) is 2. The average Bonchev–Trinajstić information content (AvgIpc) is 2.11. The molecule has 1 fully saturated rings. The van der Waals surface area contributed by atoms with Gasteiger partial charge in [-0.15, -0.1) is 0 Å². The Morgan fingerprint density at radius 2 is 1.75 bits per heavy atom. The van der Waals surface area contributed by atoms with Crippen molar-refractivity contribution in [2.45, 2.75) is 26.4 Å². The van der Waals surface area contributed by atoms with Gasteiger partial charge in [0.15, 0.2) is 0 Å². The second-order valence-electron chi connectivity index (χ2n) is 5.03. The molecule has 1 aromatic carbocycles. The van der Waals surface area contributed by atoms with Crippen LogP contribution in [0.4, 0.5) is 0 Å². The van der Waals surface area contributed by atoms with Gasteiger partial charge in [-0.05, 0) is 32.9 Å². The molecule has 1 saturated heterocycles. The Kier molecular flexibility index (Phi) is 2.50. The molecule has 0 bridgehead atoms. The second-order valence-corrected chi connectivity index (χ2v) is 5.03. The highest BCUT2D eigenvalue weighted by Gasteiger charge is 2.39. The summed E-state index contributed by atoms with van der Waals surface area (Å²) in [5, 5.41) is 9.59. The van der Waals surface area contributed by atoms with E-state index in [1.165, 1.54) is 0 Å². The molecule has 1 N–H and O–H groups in total. The topological polar surface area (TPSA) is 40.5 Å². The van der Waals surface area contributed by atoms with Crippen LogP contribution in [0, 0.1) is 13.8 Å². The van der Waals surface area contributed by atoms with Gasteiger partial charge in [0.25, 0.3) is 5.91 Å². The lowest BCUT2D eigenvalue weighted by molar-refractivity contribution is -0.0668. The van der Waals surface area contributed by atoms with E-state index < -0.39 is 5.60 Å². The minimum Gasteiger partial charge on any atom is -0.386 e. The van der Waals surface area contributed by atoms with Crippen molar-refractivity contribution in [2.75, 3.05) is 13.1 Å². The van der Waals surface area contributed by atoms with Crippen LogP contribution in [-0.4, -0.2) is 34.6 Å². The lowest BCUT2D eigenvalue weighted by atomic mass is 9.95. The van der Waals surface area contributed by atoms with E-state index in [0.29, 0.717) is 18.7 Å². The van der Waals surface area contributed by atoms with Crippen molar-refractivity contribution >= 4 is 5.91 Å². The normalized spacial score (nSPS) is 18.1. The maximum atomic E-state index is 12.0. The summed E-state index contributed by atoms with van der Waals surface area (Å²) in [5.74, 6) is 0.0123. The van der Waals surface area contributed by atoms with E-state index in [1.54, 1.807) is 11.8 Å². The molecule has 2 rings (SSSR count). The Balaban J connectivity index is 2.16. The molecule has 16 heavy (non-hydrogen) atoms. The first-order valence-electron chi connectivity index (χ1n) is 5.47. The molecule has 0 aromatic heterocycles. The van der Waals surface area contributed by atoms with E-state index in [2.05, 4.69) is 0 Å². The predicted octanol–water partition coefficient (Wildman–Crippen LogP) is 1.51. The number of aryl methyl sites for hydroxylation is 2. The molecule has 0 unspecified atom stereocenters. The number of amides is 1. The summed E-state index contributed by atoms with van der Waals surface area (Å²) in [7, 11) is 0. The maximum absolute atomic E-state index is 12.0. The van der Waals surface area contributed by atoms with Crippen LogP contribution in [-0.2, 0) is 0 Å².